The fourth-order valence-electron chi connectivity index (χ4n) is 2.15. The number of ether oxygens (including phenoxy) is 1. The van der Waals surface area contributed by atoms with Crippen molar-refractivity contribution in [1.29, 1.82) is 0 Å². The summed E-state index contributed by atoms with van der Waals surface area (Å²) in [5.74, 6) is 1.16. The number of pyridine rings is 1. The molecule has 1 N–H and O–H groups in total. The molecule has 0 radical (unpaired) electrons. The first-order valence-electron chi connectivity index (χ1n) is 7.95. The number of benzene rings is 1. The highest BCUT2D eigenvalue weighted by molar-refractivity contribution is 6.30. The van der Waals surface area contributed by atoms with Gasteiger partial charge in [0.05, 0.1) is 11.1 Å². The molecule has 1 atom stereocenters. The largest absolute Gasteiger partial charge is 0.490 e. The zero-order valence-corrected chi connectivity index (χ0v) is 15.2. The summed E-state index contributed by atoms with van der Waals surface area (Å²) in [6.45, 7) is 6.60. The van der Waals surface area contributed by atoms with Crippen LogP contribution in [0.3, 0.4) is 0 Å². The standard InChI is InChI=1S/C19H22ClN3O2/c1-4-11-25-17-8-5-15(6-9-17)13-23(3)14(2)19(24)22-18-10-7-16(20)12-21-18/h4-10,12,14H,1,11,13H2,2-3H3,(H,21,22,24)/t14-/m1/s1. The minimum Gasteiger partial charge on any atom is -0.490 e. The van der Waals surface area contributed by atoms with Crippen molar-refractivity contribution in [2.75, 3.05) is 19.0 Å². The number of amides is 1. The van der Waals surface area contributed by atoms with Gasteiger partial charge in [-0.15, -0.1) is 0 Å². The molecule has 132 valence electrons. The normalized spacial score (nSPS) is 11.8. The topological polar surface area (TPSA) is 54.5 Å². The Balaban J connectivity index is 1.90. The van der Waals surface area contributed by atoms with Gasteiger partial charge in [-0.25, -0.2) is 4.98 Å². The van der Waals surface area contributed by atoms with E-state index in [1.807, 2.05) is 43.1 Å². The van der Waals surface area contributed by atoms with E-state index in [2.05, 4.69) is 16.9 Å². The van der Waals surface area contributed by atoms with Gasteiger partial charge in [-0.1, -0.05) is 36.4 Å². The van der Waals surface area contributed by atoms with Crippen LogP contribution in [0.4, 0.5) is 5.82 Å². The number of likely N-dealkylation sites (N-methyl/N-ethyl adjacent to an activating group) is 1. The maximum atomic E-state index is 12.3. The van der Waals surface area contributed by atoms with Crippen molar-refractivity contribution in [2.24, 2.45) is 0 Å². The van der Waals surface area contributed by atoms with Crippen molar-refractivity contribution >= 4 is 23.3 Å². The second kappa shape index (κ2) is 9.20. The highest BCUT2D eigenvalue weighted by atomic mass is 35.5. The minimum atomic E-state index is -0.311. The second-order valence-corrected chi connectivity index (χ2v) is 6.12. The number of anilines is 1. The number of nitrogens with zero attached hydrogens (tertiary/aromatic N) is 2. The summed E-state index contributed by atoms with van der Waals surface area (Å²) in [6, 6.07) is 10.8. The van der Waals surface area contributed by atoms with Crippen molar-refractivity contribution < 1.29 is 9.53 Å². The molecule has 0 spiro atoms. The Morgan fingerprint density at radius 1 is 1.36 bits per heavy atom. The zero-order chi connectivity index (χ0) is 18.2. The van der Waals surface area contributed by atoms with Crippen molar-refractivity contribution in [3.63, 3.8) is 0 Å². The molecular weight excluding hydrogens is 338 g/mol. The number of nitrogens with one attached hydrogen (secondary N) is 1. The summed E-state index contributed by atoms with van der Waals surface area (Å²) in [5.41, 5.74) is 1.10. The molecule has 0 aliphatic rings. The summed E-state index contributed by atoms with van der Waals surface area (Å²) < 4.78 is 5.46. The van der Waals surface area contributed by atoms with Gasteiger partial charge in [0.2, 0.25) is 5.91 Å². The maximum Gasteiger partial charge on any atom is 0.242 e. The lowest BCUT2D eigenvalue weighted by atomic mass is 10.2. The molecule has 0 saturated carbocycles. The Morgan fingerprint density at radius 3 is 2.68 bits per heavy atom. The zero-order valence-electron chi connectivity index (χ0n) is 14.4. The van der Waals surface area contributed by atoms with Crippen LogP contribution in [0.1, 0.15) is 12.5 Å². The average Bonchev–Trinajstić information content (AvgIpc) is 2.62. The molecule has 0 bridgehead atoms. The van der Waals surface area contributed by atoms with Crippen LogP contribution in [0, 0.1) is 0 Å². The van der Waals surface area contributed by atoms with E-state index in [1.54, 1.807) is 18.2 Å². The molecule has 1 aromatic heterocycles. The number of carbonyl (C=O) groups is 1. The monoisotopic (exact) mass is 359 g/mol. The molecule has 25 heavy (non-hydrogen) atoms. The first-order valence-corrected chi connectivity index (χ1v) is 8.32. The lowest BCUT2D eigenvalue weighted by Crippen LogP contribution is -2.39. The Bertz CT molecular complexity index is 702. The van der Waals surface area contributed by atoms with E-state index < -0.39 is 0 Å². The van der Waals surface area contributed by atoms with Crippen molar-refractivity contribution in [2.45, 2.75) is 19.5 Å². The molecule has 0 fully saturated rings. The van der Waals surface area contributed by atoms with Gasteiger partial charge in [-0.3, -0.25) is 9.69 Å². The number of hydrogen-bond donors (Lipinski definition) is 1. The lowest BCUT2D eigenvalue weighted by Gasteiger charge is -2.23. The van der Waals surface area contributed by atoms with Crippen LogP contribution in [-0.4, -0.2) is 35.5 Å². The van der Waals surface area contributed by atoms with Crippen LogP contribution in [0.15, 0.2) is 55.3 Å². The molecule has 0 aliphatic carbocycles. The van der Waals surface area contributed by atoms with Gasteiger partial charge in [-0.2, -0.15) is 0 Å². The number of hydrogen-bond acceptors (Lipinski definition) is 4. The summed E-state index contributed by atoms with van der Waals surface area (Å²) in [4.78, 5) is 18.4. The van der Waals surface area contributed by atoms with Crippen LogP contribution >= 0.6 is 11.6 Å². The predicted octanol–water partition coefficient (Wildman–Crippen LogP) is 3.76. The Morgan fingerprint density at radius 2 is 2.08 bits per heavy atom. The van der Waals surface area contributed by atoms with Crippen molar-refractivity contribution in [1.82, 2.24) is 9.88 Å². The fourth-order valence-corrected chi connectivity index (χ4v) is 2.26. The van der Waals surface area contributed by atoms with E-state index in [1.165, 1.54) is 6.20 Å². The van der Waals surface area contributed by atoms with Gasteiger partial charge in [0.25, 0.3) is 0 Å². The Labute approximate surface area is 153 Å². The van der Waals surface area contributed by atoms with Crippen molar-refractivity contribution in [3.05, 3.63) is 65.8 Å². The fraction of sp³-hybridized carbons (Fsp3) is 0.263. The van der Waals surface area contributed by atoms with E-state index in [-0.39, 0.29) is 11.9 Å². The number of carbonyl (C=O) groups excluding carboxylic acids is 1. The third-order valence-corrected chi connectivity index (χ3v) is 3.97. The van der Waals surface area contributed by atoms with Gasteiger partial charge in [0.1, 0.15) is 18.2 Å². The smallest absolute Gasteiger partial charge is 0.242 e. The average molecular weight is 360 g/mol. The van der Waals surface area contributed by atoms with Crippen LogP contribution < -0.4 is 10.1 Å². The molecule has 0 aliphatic heterocycles. The van der Waals surface area contributed by atoms with Crippen molar-refractivity contribution in [3.8, 4) is 5.75 Å². The predicted molar refractivity (Wildman–Crippen MR) is 101 cm³/mol. The molecule has 2 rings (SSSR count). The van der Waals surface area contributed by atoms with E-state index in [0.29, 0.717) is 24.0 Å². The third-order valence-electron chi connectivity index (χ3n) is 3.74. The highest BCUT2D eigenvalue weighted by Gasteiger charge is 2.18. The molecule has 1 aromatic carbocycles. The van der Waals surface area contributed by atoms with Crippen LogP contribution in [0.25, 0.3) is 0 Å². The molecule has 1 heterocycles. The van der Waals surface area contributed by atoms with E-state index >= 15 is 0 Å². The quantitative estimate of drug-likeness (QED) is 0.729. The van der Waals surface area contributed by atoms with Gasteiger partial charge < -0.3 is 10.1 Å². The van der Waals surface area contributed by atoms with Crippen LogP contribution in [0.5, 0.6) is 5.75 Å². The molecule has 2 aromatic rings. The van der Waals surface area contributed by atoms with Crippen LogP contribution in [-0.2, 0) is 11.3 Å². The molecule has 5 nitrogen and oxygen atoms in total. The SMILES string of the molecule is C=CCOc1ccc(CN(C)[C@H](C)C(=O)Nc2ccc(Cl)cn2)cc1. The van der Waals surface area contributed by atoms with E-state index in [4.69, 9.17) is 16.3 Å². The van der Waals surface area contributed by atoms with Gasteiger partial charge in [-0.05, 0) is 43.8 Å². The molecule has 0 unspecified atom stereocenters. The maximum absolute atomic E-state index is 12.3. The second-order valence-electron chi connectivity index (χ2n) is 5.69. The first kappa shape index (κ1) is 19.0. The van der Waals surface area contributed by atoms with Gasteiger partial charge in [0, 0.05) is 12.7 Å². The minimum absolute atomic E-state index is 0.122. The number of rotatable bonds is 8. The van der Waals surface area contributed by atoms with Crippen LogP contribution in [0.2, 0.25) is 5.02 Å². The number of aromatic nitrogens is 1. The Kier molecular flexibility index (Phi) is 6.98. The van der Waals surface area contributed by atoms with E-state index in [0.717, 1.165) is 11.3 Å². The molecular formula is C19H22ClN3O2. The summed E-state index contributed by atoms with van der Waals surface area (Å²) in [7, 11) is 1.90. The molecule has 6 heteroatoms. The molecule has 1 amide bonds. The molecule has 0 saturated heterocycles. The summed E-state index contributed by atoms with van der Waals surface area (Å²) in [5, 5.41) is 3.32. The first-order chi connectivity index (χ1) is 12.0. The lowest BCUT2D eigenvalue weighted by molar-refractivity contribution is -0.120. The highest BCUT2D eigenvalue weighted by Crippen LogP contribution is 2.15. The van der Waals surface area contributed by atoms with Gasteiger partial charge >= 0.3 is 0 Å². The third kappa shape index (κ3) is 5.89. The Hall–Kier alpha value is -2.37. The summed E-state index contributed by atoms with van der Waals surface area (Å²) >= 11 is 5.79. The van der Waals surface area contributed by atoms with E-state index in [9.17, 15) is 4.79 Å². The number of halogens is 1. The summed E-state index contributed by atoms with van der Waals surface area (Å²) in [6.07, 6.45) is 3.21. The van der Waals surface area contributed by atoms with Gasteiger partial charge in [0.15, 0.2) is 0 Å².